The summed E-state index contributed by atoms with van der Waals surface area (Å²) in [4.78, 5) is 4.92. The number of nitrogens with zero attached hydrogens (tertiary/aromatic N) is 7. The smallest absolute Gasteiger partial charge is 0.143 e. The number of aromatic nitrogens is 6. The van der Waals surface area contributed by atoms with Gasteiger partial charge in [-0.2, -0.15) is 5.26 Å². The monoisotopic (exact) mass is 405 g/mol. The van der Waals surface area contributed by atoms with Crippen LogP contribution >= 0.6 is 0 Å². The maximum absolute atomic E-state index is 9.39. The number of benzene rings is 3. The van der Waals surface area contributed by atoms with Gasteiger partial charge in [0.15, 0.2) is 0 Å². The van der Waals surface area contributed by atoms with E-state index in [2.05, 4.69) is 57.4 Å². The van der Waals surface area contributed by atoms with Crippen molar-refractivity contribution in [3.8, 4) is 11.8 Å². The van der Waals surface area contributed by atoms with Gasteiger partial charge in [0.2, 0.25) is 0 Å². The molecule has 0 saturated heterocycles. The van der Waals surface area contributed by atoms with Crippen LogP contribution in [-0.4, -0.2) is 29.8 Å². The number of imidazole rings is 1. The lowest BCUT2D eigenvalue weighted by Crippen LogP contribution is -2.11. The molecule has 0 aliphatic heterocycles. The molecule has 0 radical (unpaired) electrons. The molecular weight excluding hydrogens is 386 g/mol. The summed E-state index contributed by atoms with van der Waals surface area (Å²) in [5.41, 5.74) is 5.72. The Kier molecular flexibility index (Phi) is 4.73. The molecule has 0 aliphatic carbocycles. The third-order valence-electron chi connectivity index (χ3n) is 5.47. The molecule has 150 valence electrons. The van der Waals surface area contributed by atoms with Crippen molar-refractivity contribution >= 4 is 11.0 Å². The topological polar surface area (TPSA) is 85.2 Å². The van der Waals surface area contributed by atoms with Crippen LogP contribution in [-0.2, 0) is 6.42 Å². The number of fused-ring (bicyclic) bond motifs is 1. The zero-order valence-corrected chi connectivity index (χ0v) is 16.9. The third kappa shape index (κ3) is 3.55. The Morgan fingerprint density at radius 2 is 1.81 bits per heavy atom. The van der Waals surface area contributed by atoms with Gasteiger partial charge in [0.25, 0.3) is 0 Å². The molecule has 5 rings (SSSR count). The van der Waals surface area contributed by atoms with E-state index >= 15 is 0 Å². The van der Waals surface area contributed by atoms with Gasteiger partial charge in [0, 0.05) is 6.42 Å². The van der Waals surface area contributed by atoms with Gasteiger partial charge in [-0.1, -0.05) is 42.5 Å². The van der Waals surface area contributed by atoms with Crippen molar-refractivity contribution in [1.82, 2.24) is 29.8 Å². The molecule has 7 heteroatoms. The fourth-order valence-corrected chi connectivity index (χ4v) is 3.88. The summed E-state index contributed by atoms with van der Waals surface area (Å²) in [6.07, 6.45) is 2.24. The summed E-state index contributed by atoms with van der Waals surface area (Å²) >= 11 is 0. The number of rotatable bonds is 5. The molecule has 7 nitrogen and oxygen atoms in total. The predicted octanol–water partition coefficient (Wildman–Crippen LogP) is 4.08. The summed E-state index contributed by atoms with van der Waals surface area (Å²) in [7, 11) is 0. The normalized spacial score (nSPS) is 12.0. The van der Waals surface area contributed by atoms with E-state index in [-0.39, 0.29) is 6.04 Å². The van der Waals surface area contributed by atoms with E-state index in [9.17, 15) is 5.26 Å². The average molecular weight is 405 g/mol. The van der Waals surface area contributed by atoms with Crippen molar-refractivity contribution in [1.29, 1.82) is 5.26 Å². The first-order valence-electron chi connectivity index (χ1n) is 10.0. The summed E-state index contributed by atoms with van der Waals surface area (Å²) in [6, 6.07) is 26.4. The van der Waals surface area contributed by atoms with Crippen molar-refractivity contribution in [2.75, 3.05) is 0 Å². The minimum absolute atomic E-state index is 0.0793. The van der Waals surface area contributed by atoms with Gasteiger partial charge >= 0.3 is 0 Å². The minimum Gasteiger partial charge on any atom is -0.320 e. The Hall–Kier alpha value is -4.31. The molecule has 0 spiro atoms. The van der Waals surface area contributed by atoms with Crippen LogP contribution in [0.4, 0.5) is 0 Å². The van der Waals surface area contributed by atoms with Gasteiger partial charge in [0.1, 0.15) is 12.2 Å². The minimum atomic E-state index is 0.0793. The van der Waals surface area contributed by atoms with Gasteiger partial charge in [-0.05, 0) is 58.8 Å². The van der Waals surface area contributed by atoms with Gasteiger partial charge in [-0.25, -0.2) is 9.67 Å². The molecule has 1 atom stereocenters. The van der Waals surface area contributed by atoms with Crippen LogP contribution < -0.4 is 0 Å². The number of nitriles is 1. The molecule has 0 aliphatic rings. The van der Waals surface area contributed by atoms with Crippen molar-refractivity contribution in [3.63, 3.8) is 0 Å². The second kappa shape index (κ2) is 7.84. The SMILES string of the molecule is C[C@@H](c1ccccc1)n1c(Cc2ccc(-n3cnnn3)cc2)nc2ccc(C#N)cc21. The highest BCUT2D eigenvalue weighted by Gasteiger charge is 2.18. The Balaban J connectivity index is 1.57. The third-order valence-corrected chi connectivity index (χ3v) is 5.47. The van der Waals surface area contributed by atoms with Crippen LogP contribution in [0, 0.1) is 11.3 Å². The van der Waals surface area contributed by atoms with E-state index in [4.69, 9.17) is 4.98 Å². The molecule has 0 saturated carbocycles. The quantitative estimate of drug-likeness (QED) is 0.440. The molecule has 2 heterocycles. The summed E-state index contributed by atoms with van der Waals surface area (Å²) in [6.45, 7) is 2.17. The van der Waals surface area contributed by atoms with Crippen molar-refractivity contribution in [2.45, 2.75) is 19.4 Å². The largest absolute Gasteiger partial charge is 0.320 e. The van der Waals surface area contributed by atoms with Crippen LogP contribution in [0.2, 0.25) is 0 Å². The Morgan fingerprint density at radius 1 is 1.00 bits per heavy atom. The van der Waals surface area contributed by atoms with E-state index in [1.807, 2.05) is 48.5 Å². The van der Waals surface area contributed by atoms with E-state index in [1.54, 1.807) is 11.0 Å². The van der Waals surface area contributed by atoms with Crippen molar-refractivity contribution in [3.05, 3.63) is 102 Å². The van der Waals surface area contributed by atoms with Crippen LogP contribution in [0.1, 0.15) is 35.5 Å². The van der Waals surface area contributed by atoms with Crippen LogP contribution in [0.3, 0.4) is 0 Å². The maximum Gasteiger partial charge on any atom is 0.143 e. The number of tetrazole rings is 1. The van der Waals surface area contributed by atoms with Crippen molar-refractivity contribution in [2.24, 2.45) is 0 Å². The van der Waals surface area contributed by atoms with Crippen LogP contribution in [0.5, 0.6) is 0 Å². The maximum atomic E-state index is 9.39. The number of hydrogen-bond donors (Lipinski definition) is 0. The second-order valence-corrected chi connectivity index (χ2v) is 7.40. The lowest BCUT2D eigenvalue weighted by atomic mass is 10.1. The fraction of sp³-hybridized carbons (Fsp3) is 0.125. The lowest BCUT2D eigenvalue weighted by molar-refractivity contribution is 0.627. The molecule has 0 amide bonds. The van der Waals surface area contributed by atoms with Gasteiger partial charge < -0.3 is 4.57 Å². The lowest BCUT2D eigenvalue weighted by Gasteiger charge is -2.18. The summed E-state index contributed by atoms with van der Waals surface area (Å²) in [5.74, 6) is 0.955. The Bertz CT molecular complexity index is 1360. The standard InChI is InChI=1S/C24H19N7/c1-17(20-5-3-2-4-6-20)31-23-13-19(15-25)9-12-22(23)27-24(31)14-18-7-10-21(11-8-18)30-16-26-28-29-30/h2-13,16-17H,14H2,1H3/t17-/m0/s1. The highest BCUT2D eigenvalue weighted by molar-refractivity contribution is 5.78. The van der Waals surface area contributed by atoms with Gasteiger partial charge in [0.05, 0.1) is 34.4 Å². The molecule has 0 fully saturated rings. The second-order valence-electron chi connectivity index (χ2n) is 7.40. The highest BCUT2D eigenvalue weighted by atomic mass is 15.5. The predicted molar refractivity (Wildman–Crippen MR) is 117 cm³/mol. The van der Waals surface area contributed by atoms with Gasteiger partial charge in [-0.3, -0.25) is 0 Å². The molecule has 0 bridgehead atoms. The van der Waals surface area contributed by atoms with Gasteiger partial charge in [-0.15, -0.1) is 5.10 Å². The van der Waals surface area contributed by atoms with E-state index < -0.39 is 0 Å². The Morgan fingerprint density at radius 3 is 2.52 bits per heavy atom. The molecular formula is C24H19N7. The highest BCUT2D eigenvalue weighted by Crippen LogP contribution is 2.28. The number of hydrogen-bond acceptors (Lipinski definition) is 5. The molecule has 31 heavy (non-hydrogen) atoms. The van der Waals surface area contributed by atoms with E-state index in [0.29, 0.717) is 12.0 Å². The molecule has 3 aromatic carbocycles. The van der Waals surface area contributed by atoms with Crippen molar-refractivity contribution < 1.29 is 0 Å². The average Bonchev–Trinajstić information content (AvgIpc) is 3.47. The molecule has 0 N–H and O–H groups in total. The molecule has 5 aromatic rings. The first kappa shape index (κ1) is 18.7. The first-order valence-corrected chi connectivity index (χ1v) is 10.0. The zero-order chi connectivity index (χ0) is 21.2. The first-order chi connectivity index (χ1) is 15.2. The molecule has 0 unspecified atom stereocenters. The van der Waals surface area contributed by atoms with Crippen LogP contribution in [0.25, 0.3) is 16.7 Å². The van der Waals surface area contributed by atoms with E-state index in [0.717, 1.165) is 28.1 Å². The van der Waals surface area contributed by atoms with Crippen LogP contribution in [0.15, 0.2) is 79.1 Å². The fourth-order valence-electron chi connectivity index (χ4n) is 3.88. The molecule has 2 aromatic heterocycles. The summed E-state index contributed by atoms with van der Waals surface area (Å²) < 4.78 is 3.86. The van der Waals surface area contributed by atoms with E-state index in [1.165, 1.54) is 5.56 Å². The summed E-state index contributed by atoms with van der Waals surface area (Å²) in [5, 5.41) is 20.7. The Labute approximate surface area is 179 Å². The zero-order valence-electron chi connectivity index (χ0n) is 16.9.